The third-order valence-electron chi connectivity index (χ3n) is 7.88. The van der Waals surface area contributed by atoms with Gasteiger partial charge >= 0.3 is 0 Å². The van der Waals surface area contributed by atoms with Crippen molar-refractivity contribution in [2.45, 2.75) is 70.8 Å². The smallest absolute Gasteiger partial charge is 0.230 e. The maximum absolute atomic E-state index is 13.2. The topological polar surface area (TPSA) is 119 Å². The van der Waals surface area contributed by atoms with Crippen LogP contribution in [0.5, 0.6) is 5.75 Å². The van der Waals surface area contributed by atoms with E-state index < -0.39 is 17.6 Å². The highest BCUT2D eigenvalue weighted by atomic mass is 16.7. The second kappa shape index (κ2) is 14.6. The minimum atomic E-state index is -0.845. The van der Waals surface area contributed by atoms with Gasteiger partial charge in [0.05, 0.1) is 18.1 Å². The van der Waals surface area contributed by atoms with Crippen molar-refractivity contribution in [1.82, 2.24) is 10.3 Å². The molecule has 2 aromatic carbocycles. The summed E-state index contributed by atoms with van der Waals surface area (Å²) in [4.78, 5) is 16.4. The number of hydrogen-bond acceptors (Lipinski definition) is 6. The maximum atomic E-state index is 13.2. The molecule has 0 fully saturated rings. The Hall–Kier alpha value is -2.91. The van der Waals surface area contributed by atoms with Gasteiger partial charge in [0.2, 0.25) is 5.91 Å². The van der Waals surface area contributed by atoms with Crippen LogP contribution in [-0.2, 0) is 26.1 Å². The quantitative estimate of drug-likeness (QED) is 0.193. The van der Waals surface area contributed by atoms with Crippen molar-refractivity contribution in [1.29, 1.82) is 0 Å². The summed E-state index contributed by atoms with van der Waals surface area (Å²) >= 11 is 0. The molecule has 1 aromatic heterocycles. The lowest BCUT2D eigenvalue weighted by molar-refractivity contribution is -0.126. The fourth-order valence-electron chi connectivity index (χ4n) is 5.01. The fraction of sp³-hybridized carbons (Fsp3) is 0.531. The summed E-state index contributed by atoms with van der Waals surface area (Å²) in [5.41, 5.74) is 8.78. The molecule has 1 heterocycles. The van der Waals surface area contributed by atoms with Crippen molar-refractivity contribution in [2.75, 3.05) is 27.4 Å². The van der Waals surface area contributed by atoms with Crippen LogP contribution in [0.15, 0.2) is 54.7 Å². The van der Waals surface area contributed by atoms with Gasteiger partial charge in [-0.3, -0.25) is 4.79 Å². The van der Waals surface area contributed by atoms with E-state index in [1.54, 1.807) is 14.2 Å². The lowest BCUT2D eigenvalue weighted by Gasteiger charge is -2.29. The summed E-state index contributed by atoms with van der Waals surface area (Å²) in [6, 6.07) is 15.6. The number of carbonyl (C=O) groups excluding carboxylic acids is 1. The molecule has 3 unspecified atom stereocenters. The number of benzene rings is 2. The van der Waals surface area contributed by atoms with Crippen LogP contribution in [0, 0.1) is 11.8 Å². The largest absolute Gasteiger partial charge is 0.493 e. The highest BCUT2D eigenvalue weighted by Gasteiger charge is 2.33. The van der Waals surface area contributed by atoms with E-state index in [1.807, 2.05) is 56.4 Å². The molecular weight excluding hydrogens is 506 g/mol. The molecule has 1 amide bonds. The van der Waals surface area contributed by atoms with E-state index in [0.717, 1.165) is 28.6 Å². The molecule has 5 N–H and O–H groups in total. The Morgan fingerprint density at radius 2 is 1.75 bits per heavy atom. The molecule has 3 rings (SSSR count). The number of nitrogens with one attached hydrogen (secondary N) is 2. The summed E-state index contributed by atoms with van der Waals surface area (Å²) in [5.74, 6) is 1.31. The van der Waals surface area contributed by atoms with Gasteiger partial charge in [-0.2, -0.15) is 0 Å². The number of aromatic nitrogens is 1. The van der Waals surface area contributed by atoms with Gasteiger partial charge in [0, 0.05) is 50.3 Å². The van der Waals surface area contributed by atoms with Crippen LogP contribution in [0.25, 0.3) is 10.9 Å². The molecule has 8 nitrogen and oxygen atoms in total. The monoisotopic (exact) mass is 553 g/mol. The van der Waals surface area contributed by atoms with E-state index in [4.69, 9.17) is 19.9 Å². The van der Waals surface area contributed by atoms with E-state index in [2.05, 4.69) is 36.3 Å². The molecular formula is C32H47N3O5. The average molecular weight is 554 g/mol. The van der Waals surface area contributed by atoms with Crippen molar-refractivity contribution in [3.05, 3.63) is 65.9 Å². The fourth-order valence-corrected chi connectivity index (χ4v) is 5.01. The first-order chi connectivity index (χ1) is 19.1. The van der Waals surface area contributed by atoms with Gasteiger partial charge in [-0.1, -0.05) is 44.2 Å². The first-order valence-corrected chi connectivity index (χ1v) is 14.1. The number of fused-ring (bicyclic) bond motifs is 1. The van der Waals surface area contributed by atoms with Crippen molar-refractivity contribution in [3.63, 3.8) is 0 Å². The first kappa shape index (κ1) is 31.6. The number of hydrogen-bond donors (Lipinski definition) is 4. The van der Waals surface area contributed by atoms with Crippen LogP contribution < -0.4 is 15.8 Å². The van der Waals surface area contributed by atoms with Crippen LogP contribution in [0.4, 0.5) is 0 Å². The van der Waals surface area contributed by atoms with Gasteiger partial charge in [-0.25, -0.2) is 0 Å². The second-order valence-electron chi connectivity index (χ2n) is 11.4. The Balaban J connectivity index is 1.51. The van der Waals surface area contributed by atoms with E-state index in [-0.39, 0.29) is 24.7 Å². The normalized spacial score (nSPS) is 14.4. The Labute approximate surface area is 238 Å². The minimum absolute atomic E-state index is 0.107. The van der Waals surface area contributed by atoms with Crippen LogP contribution >= 0.6 is 0 Å². The molecule has 40 heavy (non-hydrogen) atoms. The molecule has 3 aromatic rings. The van der Waals surface area contributed by atoms with Crippen LogP contribution in [0.2, 0.25) is 0 Å². The minimum Gasteiger partial charge on any atom is -0.493 e. The molecule has 0 aliphatic rings. The molecule has 0 aliphatic heterocycles. The molecule has 0 saturated heterocycles. The Morgan fingerprint density at radius 3 is 2.40 bits per heavy atom. The zero-order valence-corrected chi connectivity index (χ0v) is 24.8. The predicted molar refractivity (Wildman–Crippen MR) is 159 cm³/mol. The van der Waals surface area contributed by atoms with Crippen LogP contribution in [0.3, 0.4) is 0 Å². The molecule has 0 saturated carbocycles. The second-order valence-corrected chi connectivity index (χ2v) is 11.4. The maximum Gasteiger partial charge on any atom is 0.230 e. The highest BCUT2D eigenvalue weighted by molar-refractivity contribution is 5.94. The van der Waals surface area contributed by atoms with E-state index >= 15 is 0 Å². The van der Waals surface area contributed by atoms with Crippen LogP contribution in [0.1, 0.15) is 51.7 Å². The third-order valence-corrected chi connectivity index (χ3v) is 7.88. The average Bonchev–Trinajstić information content (AvgIpc) is 3.39. The summed E-state index contributed by atoms with van der Waals surface area (Å²) in [5, 5.41) is 14.8. The van der Waals surface area contributed by atoms with E-state index in [9.17, 15) is 9.90 Å². The van der Waals surface area contributed by atoms with Gasteiger partial charge < -0.3 is 35.4 Å². The molecule has 0 aliphatic carbocycles. The zero-order valence-electron chi connectivity index (χ0n) is 24.8. The highest BCUT2D eigenvalue weighted by Crippen LogP contribution is 2.31. The van der Waals surface area contributed by atoms with E-state index in [1.165, 1.54) is 5.56 Å². The van der Waals surface area contributed by atoms with Crippen LogP contribution in [-0.4, -0.2) is 61.8 Å². The molecule has 8 heteroatoms. The summed E-state index contributed by atoms with van der Waals surface area (Å²) in [6.45, 7) is 8.75. The molecule has 0 bridgehead atoms. The summed E-state index contributed by atoms with van der Waals surface area (Å²) in [7, 11) is 3.23. The Kier molecular flexibility index (Phi) is 11.6. The number of ether oxygens (including phenoxy) is 3. The number of para-hydroxylation sites is 1. The molecule has 3 atom stereocenters. The molecule has 220 valence electrons. The lowest BCUT2D eigenvalue weighted by atomic mass is 9.82. The lowest BCUT2D eigenvalue weighted by Crippen LogP contribution is -2.48. The SMILES string of the molecule is COC(CCOc1ccc(CC(CC(N)C(O)CNC(=O)C(C)(C)c2c[nH]c3ccccc23)C(C)C)cc1)OC. The molecule has 0 radical (unpaired) electrons. The number of rotatable bonds is 16. The van der Waals surface area contributed by atoms with Gasteiger partial charge in [-0.05, 0) is 67.9 Å². The number of H-pyrrole nitrogens is 1. The van der Waals surface area contributed by atoms with Crippen molar-refractivity contribution in [3.8, 4) is 5.75 Å². The van der Waals surface area contributed by atoms with Gasteiger partial charge in [0.15, 0.2) is 6.29 Å². The number of aliphatic hydroxyl groups is 1. The Bertz CT molecular complexity index is 1190. The summed E-state index contributed by atoms with van der Waals surface area (Å²) < 4.78 is 16.2. The van der Waals surface area contributed by atoms with Crippen molar-refractivity contribution < 1.29 is 24.1 Å². The number of carbonyl (C=O) groups is 1. The number of amides is 1. The number of nitrogens with two attached hydrogens (primary N) is 1. The number of aromatic amines is 1. The van der Waals surface area contributed by atoms with Gasteiger partial charge in [0.1, 0.15) is 5.75 Å². The van der Waals surface area contributed by atoms with Crippen molar-refractivity contribution in [2.24, 2.45) is 17.6 Å². The van der Waals surface area contributed by atoms with E-state index in [0.29, 0.717) is 25.4 Å². The third kappa shape index (κ3) is 8.30. The standard InChI is InChI=1S/C32H47N3O5/c1-21(2)23(17-22-11-13-24(14-12-22)40-16-15-30(38-5)39-6)18-27(33)29(36)20-35-31(37)32(3,4)26-19-34-28-10-8-7-9-25(26)28/h7-14,19,21,23,27,29-30,34,36H,15-18,20,33H2,1-6H3,(H,35,37). The predicted octanol–water partition coefficient (Wildman–Crippen LogP) is 4.54. The van der Waals surface area contributed by atoms with Gasteiger partial charge in [-0.15, -0.1) is 0 Å². The molecule has 0 spiro atoms. The number of aliphatic hydroxyl groups excluding tert-OH is 1. The van der Waals surface area contributed by atoms with Crippen molar-refractivity contribution >= 4 is 16.8 Å². The first-order valence-electron chi connectivity index (χ1n) is 14.1. The Morgan fingerprint density at radius 1 is 1.07 bits per heavy atom. The van der Waals surface area contributed by atoms with Gasteiger partial charge in [0.25, 0.3) is 0 Å². The number of methoxy groups -OCH3 is 2. The zero-order chi connectivity index (χ0) is 29.3. The summed E-state index contributed by atoms with van der Waals surface area (Å²) in [6.07, 6.45) is 2.90.